The van der Waals surface area contributed by atoms with Gasteiger partial charge in [-0.2, -0.15) is 0 Å². The zero-order valence-corrected chi connectivity index (χ0v) is 19.3. The smallest absolute Gasteiger partial charge is 0.360 e. The molecule has 0 N–H and O–H groups in total. The van der Waals surface area contributed by atoms with E-state index >= 15 is 0 Å². The van der Waals surface area contributed by atoms with Crippen LogP contribution in [0.2, 0.25) is 0 Å². The number of anilines is 4. The molecule has 0 bridgehead atoms. The van der Waals surface area contributed by atoms with E-state index < -0.39 is 0 Å². The van der Waals surface area contributed by atoms with Crippen molar-refractivity contribution in [3.8, 4) is 0 Å². The topological polar surface area (TPSA) is 6.48 Å². The summed E-state index contributed by atoms with van der Waals surface area (Å²) in [6.45, 7) is -0.0134. The number of para-hydroxylation sites is 4. The van der Waals surface area contributed by atoms with Crippen molar-refractivity contribution in [1.29, 1.82) is 0 Å². The van der Waals surface area contributed by atoms with Gasteiger partial charge in [-0.05, 0) is 63.4 Å². The van der Waals surface area contributed by atoms with E-state index in [-0.39, 0.29) is 6.98 Å². The third-order valence-electron chi connectivity index (χ3n) is 7.03. The zero-order valence-electron chi connectivity index (χ0n) is 19.3. The number of benzene rings is 6. The SMILES string of the molecule is c1ccc(N2B(c3ccc4ccc5ccccc5c4c3)N(c3ccccc3)c3ccccc32)cc1. The molecule has 164 valence electrons. The first kappa shape index (κ1) is 19.9. The molecule has 6 aromatic carbocycles. The first-order chi connectivity index (χ1) is 17.4. The van der Waals surface area contributed by atoms with Gasteiger partial charge >= 0.3 is 6.98 Å². The second-order valence-electron chi connectivity index (χ2n) is 9.04. The molecule has 0 saturated carbocycles. The lowest BCUT2D eigenvalue weighted by Crippen LogP contribution is -2.53. The van der Waals surface area contributed by atoms with Crippen molar-refractivity contribution >= 4 is 56.7 Å². The van der Waals surface area contributed by atoms with Gasteiger partial charge in [-0.3, -0.25) is 0 Å². The molecule has 0 amide bonds. The minimum absolute atomic E-state index is 0.0134. The van der Waals surface area contributed by atoms with E-state index in [0.29, 0.717) is 0 Å². The summed E-state index contributed by atoms with van der Waals surface area (Å²) in [6.07, 6.45) is 0. The lowest BCUT2D eigenvalue weighted by molar-refractivity contribution is 1.40. The molecule has 2 nitrogen and oxygen atoms in total. The first-order valence-electron chi connectivity index (χ1n) is 12.1. The van der Waals surface area contributed by atoms with Gasteiger partial charge in [-0.1, -0.05) is 103 Å². The van der Waals surface area contributed by atoms with Crippen LogP contribution in [0.15, 0.2) is 140 Å². The van der Waals surface area contributed by atoms with Crippen LogP contribution in [0.3, 0.4) is 0 Å². The van der Waals surface area contributed by atoms with Gasteiger partial charge in [0, 0.05) is 11.4 Å². The minimum Gasteiger partial charge on any atom is -0.360 e. The molecule has 0 fully saturated rings. The molecule has 0 radical (unpaired) electrons. The molecule has 0 saturated heterocycles. The molecule has 0 spiro atoms. The summed E-state index contributed by atoms with van der Waals surface area (Å²) < 4.78 is 0. The number of hydrogen-bond donors (Lipinski definition) is 0. The zero-order chi connectivity index (χ0) is 23.2. The Labute approximate surface area is 205 Å². The second kappa shape index (κ2) is 8.07. The first-order valence-corrected chi connectivity index (χ1v) is 12.1. The van der Waals surface area contributed by atoms with E-state index in [0.717, 1.165) is 0 Å². The predicted molar refractivity (Wildman–Crippen MR) is 150 cm³/mol. The Morgan fingerprint density at radius 2 is 0.886 bits per heavy atom. The Morgan fingerprint density at radius 3 is 1.51 bits per heavy atom. The van der Waals surface area contributed by atoms with Crippen LogP contribution >= 0.6 is 0 Å². The van der Waals surface area contributed by atoms with Gasteiger partial charge < -0.3 is 9.62 Å². The van der Waals surface area contributed by atoms with Crippen LogP contribution in [-0.4, -0.2) is 6.98 Å². The Hall–Kier alpha value is -4.50. The van der Waals surface area contributed by atoms with E-state index in [1.165, 1.54) is 49.8 Å². The molecule has 0 aliphatic carbocycles. The molecular formula is C32H23BN2. The maximum atomic E-state index is 2.47. The van der Waals surface area contributed by atoms with Crippen molar-refractivity contribution in [1.82, 2.24) is 0 Å². The van der Waals surface area contributed by atoms with Crippen LogP contribution < -0.4 is 15.1 Å². The molecule has 1 aliphatic heterocycles. The summed E-state index contributed by atoms with van der Waals surface area (Å²) in [4.78, 5) is 4.93. The molecule has 0 aromatic heterocycles. The lowest BCUT2D eigenvalue weighted by atomic mass is 9.64. The number of nitrogens with zero attached hydrogens (tertiary/aromatic N) is 2. The molecule has 6 aromatic rings. The molecule has 1 aliphatic rings. The fourth-order valence-corrected chi connectivity index (χ4v) is 5.47. The third kappa shape index (κ3) is 3.20. The number of rotatable bonds is 3. The Balaban J connectivity index is 1.51. The quantitative estimate of drug-likeness (QED) is 0.203. The van der Waals surface area contributed by atoms with E-state index in [4.69, 9.17) is 0 Å². The van der Waals surface area contributed by atoms with E-state index in [1.54, 1.807) is 0 Å². The predicted octanol–water partition coefficient (Wildman–Crippen LogP) is 7.68. The van der Waals surface area contributed by atoms with Gasteiger partial charge in [-0.25, -0.2) is 0 Å². The average Bonchev–Trinajstić information content (AvgIpc) is 3.29. The number of hydrogen-bond acceptors (Lipinski definition) is 2. The van der Waals surface area contributed by atoms with Gasteiger partial charge in [0.1, 0.15) is 0 Å². The molecule has 0 unspecified atom stereocenters. The standard InChI is InChI=1S/C32H23BN2/c1-3-12-27(13-4-1)34-31-17-9-10-18-32(31)35(28-14-5-2-6-15-28)33(34)26-22-21-25-20-19-24-11-7-8-16-29(24)30(25)23-26/h1-23H. The van der Waals surface area contributed by atoms with Gasteiger partial charge in [0.2, 0.25) is 0 Å². The van der Waals surface area contributed by atoms with Gasteiger partial charge in [0.05, 0.1) is 11.4 Å². The van der Waals surface area contributed by atoms with Gasteiger partial charge in [-0.15, -0.1) is 0 Å². The van der Waals surface area contributed by atoms with Crippen LogP contribution in [0, 0.1) is 0 Å². The van der Waals surface area contributed by atoms with Crippen molar-refractivity contribution < 1.29 is 0 Å². The Morgan fingerprint density at radius 1 is 0.400 bits per heavy atom. The Kier molecular flexibility index (Phi) is 4.59. The van der Waals surface area contributed by atoms with E-state index in [9.17, 15) is 0 Å². The van der Waals surface area contributed by atoms with Crippen molar-refractivity contribution in [2.75, 3.05) is 9.62 Å². The fraction of sp³-hybridized carbons (Fsp3) is 0. The minimum atomic E-state index is -0.0134. The highest BCUT2D eigenvalue weighted by molar-refractivity contribution is 6.84. The average molecular weight is 446 g/mol. The van der Waals surface area contributed by atoms with Crippen LogP contribution in [0.1, 0.15) is 0 Å². The fourth-order valence-electron chi connectivity index (χ4n) is 5.47. The molecule has 0 atom stereocenters. The summed E-state index contributed by atoms with van der Waals surface area (Å²) in [6, 6.07) is 50.2. The third-order valence-corrected chi connectivity index (χ3v) is 7.03. The van der Waals surface area contributed by atoms with Crippen molar-refractivity contribution in [3.05, 3.63) is 140 Å². The monoisotopic (exact) mass is 446 g/mol. The summed E-state index contributed by atoms with van der Waals surface area (Å²) in [5.41, 5.74) is 6.05. The van der Waals surface area contributed by atoms with Crippen LogP contribution in [-0.2, 0) is 0 Å². The van der Waals surface area contributed by atoms with Gasteiger partial charge in [0.15, 0.2) is 0 Å². The van der Waals surface area contributed by atoms with Crippen molar-refractivity contribution in [2.24, 2.45) is 0 Å². The molecule has 1 heterocycles. The van der Waals surface area contributed by atoms with E-state index in [2.05, 4.69) is 149 Å². The largest absolute Gasteiger partial charge is 0.420 e. The summed E-state index contributed by atoms with van der Waals surface area (Å²) in [5, 5.41) is 5.12. The summed E-state index contributed by atoms with van der Waals surface area (Å²) in [5.74, 6) is 0. The number of fused-ring (bicyclic) bond motifs is 4. The van der Waals surface area contributed by atoms with Crippen LogP contribution in [0.25, 0.3) is 21.5 Å². The molecule has 3 heteroatoms. The highest BCUT2D eigenvalue weighted by Crippen LogP contribution is 2.46. The molecular weight excluding hydrogens is 423 g/mol. The Bertz CT molecular complexity index is 1600. The highest BCUT2D eigenvalue weighted by atomic mass is 15.3. The lowest BCUT2D eigenvalue weighted by Gasteiger charge is -2.30. The maximum absolute atomic E-state index is 2.47. The highest BCUT2D eigenvalue weighted by Gasteiger charge is 2.43. The summed E-state index contributed by atoms with van der Waals surface area (Å²) in [7, 11) is 0. The maximum Gasteiger partial charge on any atom is 0.420 e. The normalized spacial score (nSPS) is 13.0. The second-order valence-corrected chi connectivity index (χ2v) is 9.04. The van der Waals surface area contributed by atoms with Crippen molar-refractivity contribution in [2.45, 2.75) is 0 Å². The van der Waals surface area contributed by atoms with Gasteiger partial charge in [0.25, 0.3) is 0 Å². The summed E-state index contributed by atoms with van der Waals surface area (Å²) >= 11 is 0. The van der Waals surface area contributed by atoms with E-state index in [1.807, 2.05) is 0 Å². The van der Waals surface area contributed by atoms with Crippen molar-refractivity contribution in [3.63, 3.8) is 0 Å². The van der Waals surface area contributed by atoms with Crippen LogP contribution in [0.5, 0.6) is 0 Å². The molecule has 7 rings (SSSR count). The molecule has 35 heavy (non-hydrogen) atoms. The van der Waals surface area contributed by atoms with Crippen LogP contribution in [0.4, 0.5) is 22.7 Å².